The van der Waals surface area contributed by atoms with Crippen molar-refractivity contribution in [3.8, 4) is 5.75 Å². The topological polar surface area (TPSA) is 57.3 Å². The Labute approximate surface area is 128 Å². The molecular formula is C17H18N2O3. The lowest BCUT2D eigenvalue weighted by molar-refractivity contribution is 0.303. The van der Waals surface area contributed by atoms with Gasteiger partial charge in [0.05, 0.1) is 12.9 Å². The summed E-state index contributed by atoms with van der Waals surface area (Å²) in [6, 6.07) is 8.73. The molecule has 0 saturated heterocycles. The van der Waals surface area contributed by atoms with Crippen LogP contribution in [-0.2, 0) is 6.54 Å². The van der Waals surface area contributed by atoms with Gasteiger partial charge in [0, 0.05) is 36.5 Å². The normalized spacial score (nSPS) is 10.9. The first kappa shape index (κ1) is 14.4. The van der Waals surface area contributed by atoms with E-state index in [-0.39, 0.29) is 5.63 Å². The Bertz CT molecular complexity index is 778. The summed E-state index contributed by atoms with van der Waals surface area (Å²) in [6.45, 7) is 1.65. The highest BCUT2D eigenvalue weighted by molar-refractivity contribution is 5.77. The Balaban J connectivity index is 1.44. The van der Waals surface area contributed by atoms with Crippen molar-refractivity contribution in [2.24, 2.45) is 0 Å². The van der Waals surface area contributed by atoms with Crippen LogP contribution in [0.25, 0.3) is 11.0 Å². The van der Waals surface area contributed by atoms with Crippen LogP contribution in [0.2, 0.25) is 0 Å². The Hall–Kier alpha value is -2.56. The highest BCUT2D eigenvalue weighted by Gasteiger charge is 2.00. The molecule has 0 aliphatic heterocycles. The van der Waals surface area contributed by atoms with E-state index in [0.717, 1.165) is 36.9 Å². The predicted octanol–water partition coefficient (Wildman–Crippen LogP) is 3.24. The second kappa shape index (κ2) is 6.93. The van der Waals surface area contributed by atoms with Crippen LogP contribution in [0.15, 0.2) is 58.3 Å². The predicted molar refractivity (Wildman–Crippen MR) is 84.1 cm³/mol. The molecule has 2 heterocycles. The molecule has 5 heteroatoms. The molecule has 0 radical (unpaired) electrons. The Morgan fingerprint density at radius 1 is 1.14 bits per heavy atom. The Morgan fingerprint density at radius 2 is 2.05 bits per heavy atom. The van der Waals surface area contributed by atoms with Gasteiger partial charge in [-0.25, -0.2) is 9.78 Å². The van der Waals surface area contributed by atoms with Crippen molar-refractivity contribution in [2.75, 3.05) is 6.61 Å². The van der Waals surface area contributed by atoms with Gasteiger partial charge in [0.25, 0.3) is 0 Å². The quantitative estimate of drug-likeness (QED) is 0.496. The Kier molecular flexibility index (Phi) is 4.53. The van der Waals surface area contributed by atoms with Crippen molar-refractivity contribution in [1.29, 1.82) is 0 Å². The summed E-state index contributed by atoms with van der Waals surface area (Å²) in [5.41, 5.74) is 0.217. The molecule has 0 atom stereocenters. The minimum atomic E-state index is -0.343. The molecule has 2 aromatic heterocycles. The van der Waals surface area contributed by atoms with Crippen LogP contribution in [0.3, 0.4) is 0 Å². The number of hydrogen-bond donors (Lipinski definition) is 0. The van der Waals surface area contributed by atoms with Crippen molar-refractivity contribution in [3.63, 3.8) is 0 Å². The third-order valence-electron chi connectivity index (χ3n) is 3.48. The minimum absolute atomic E-state index is 0.343. The molecule has 5 nitrogen and oxygen atoms in total. The summed E-state index contributed by atoms with van der Waals surface area (Å²) >= 11 is 0. The SMILES string of the molecule is O=c1ccc2ccc(OCCCCCn3ccnc3)cc2o1. The lowest BCUT2D eigenvalue weighted by atomic mass is 10.2. The maximum atomic E-state index is 11.2. The van der Waals surface area contributed by atoms with Crippen molar-refractivity contribution in [1.82, 2.24) is 9.55 Å². The second-order valence-electron chi connectivity index (χ2n) is 5.16. The highest BCUT2D eigenvalue weighted by Crippen LogP contribution is 2.19. The fourth-order valence-electron chi connectivity index (χ4n) is 2.31. The summed E-state index contributed by atoms with van der Waals surface area (Å²) in [4.78, 5) is 15.2. The second-order valence-corrected chi connectivity index (χ2v) is 5.16. The average molecular weight is 298 g/mol. The first-order valence-electron chi connectivity index (χ1n) is 7.44. The number of nitrogens with zero attached hydrogens (tertiary/aromatic N) is 2. The van der Waals surface area contributed by atoms with E-state index in [1.54, 1.807) is 18.3 Å². The van der Waals surface area contributed by atoms with E-state index in [1.807, 2.05) is 24.7 Å². The molecule has 0 aliphatic carbocycles. The lowest BCUT2D eigenvalue weighted by Crippen LogP contribution is -2.00. The van der Waals surface area contributed by atoms with Gasteiger partial charge < -0.3 is 13.7 Å². The molecule has 3 aromatic rings. The van der Waals surface area contributed by atoms with Crippen LogP contribution in [-0.4, -0.2) is 16.2 Å². The molecule has 0 N–H and O–H groups in total. The van der Waals surface area contributed by atoms with Crippen LogP contribution in [0.4, 0.5) is 0 Å². The minimum Gasteiger partial charge on any atom is -0.493 e. The van der Waals surface area contributed by atoms with Crippen molar-refractivity contribution < 1.29 is 9.15 Å². The average Bonchev–Trinajstić information content (AvgIpc) is 3.03. The molecular weight excluding hydrogens is 280 g/mol. The number of aryl methyl sites for hydroxylation is 1. The van der Waals surface area contributed by atoms with Gasteiger partial charge in [-0.3, -0.25) is 0 Å². The van der Waals surface area contributed by atoms with Crippen LogP contribution in [0.5, 0.6) is 5.75 Å². The molecule has 0 unspecified atom stereocenters. The van der Waals surface area contributed by atoms with Crippen LogP contribution in [0, 0.1) is 0 Å². The summed E-state index contributed by atoms with van der Waals surface area (Å²) in [7, 11) is 0. The number of rotatable bonds is 7. The smallest absolute Gasteiger partial charge is 0.336 e. The fraction of sp³-hybridized carbons (Fsp3) is 0.294. The van der Waals surface area contributed by atoms with Crippen LogP contribution in [0.1, 0.15) is 19.3 Å². The number of imidazole rings is 1. The van der Waals surface area contributed by atoms with E-state index in [0.29, 0.717) is 12.2 Å². The maximum absolute atomic E-state index is 11.2. The third kappa shape index (κ3) is 3.75. The van der Waals surface area contributed by atoms with E-state index < -0.39 is 0 Å². The van der Waals surface area contributed by atoms with Gasteiger partial charge in [-0.1, -0.05) is 0 Å². The van der Waals surface area contributed by atoms with Crippen molar-refractivity contribution in [2.45, 2.75) is 25.8 Å². The summed E-state index contributed by atoms with van der Waals surface area (Å²) in [5, 5.41) is 0.896. The standard InChI is InChI=1S/C17H18N2O3/c20-17-7-5-14-4-6-15(12-16(14)22-17)21-11-3-1-2-9-19-10-8-18-13-19/h4-8,10,12-13H,1-3,9,11H2. The van der Waals surface area contributed by atoms with E-state index in [9.17, 15) is 4.79 Å². The van der Waals surface area contributed by atoms with E-state index in [2.05, 4.69) is 9.55 Å². The van der Waals surface area contributed by atoms with Crippen LogP contribution >= 0.6 is 0 Å². The van der Waals surface area contributed by atoms with E-state index in [4.69, 9.17) is 9.15 Å². The molecule has 0 aliphatic rings. The summed E-state index contributed by atoms with van der Waals surface area (Å²) < 4.78 is 12.9. The number of unbranched alkanes of at least 4 members (excludes halogenated alkanes) is 2. The Morgan fingerprint density at radius 3 is 2.91 bits per heavy atom. The molecule has 0 amide bonds. The number of aromatic nitrogens is 2. The third-order valence-corrected chi connectivity index (χ3v) is 3.48. The number of benzene rings is 1. The largest absolute Gasteiger partial charge is 0.493 e. The lowest BCUT2D eigenvalue weighted by Gasteiger charge is -2.07. The van der Waals surface area contributed by atoms with Gasteiger partial charge >= 0.3 is 5.63 Å². The molecule has 0 saturated carbocycles. The van der Waals surface area contributed by atoms with Crippen LogP contribution < -0.4 is 10.4 Å². The molecule has 114 valence electrons. The van der Waals surface area contributed by atoms with Gasteiger partial charge in [0.1, 0.15) is 11.3 Å². The molecule has 0 fully saturated rings. The van der Waals surface area contributed by atoms with Gasteiger partial charge in [-0.2, -0.15) is 0 Å². The zero-order valence-corrected chi connectivity index (χ0v) is 12.3. The van der Waals surface area contributed by atoms with Crippen molar-refractivity contribution >= 4 is 11.0 Å². The zero-order valence-electron chi connectivity index (χ0n) is 12.3. The first-order valence-corrected chi connectivity index (χ1v) is 7.44. The van der Waals surface area contributed by atoms with Crippen molar-refractivity contribution in [3.05, 3.63) is 59.5 Å². The molecule has 0 spiro atoms. The zero-order chi connectivity index (χ0) is 15.2. The van der Waals surface area contributed by atoms with Gasteiger partial charge in [-0.05, 0) is 37.5 Å². The van der Waals surface area contributed by atoms with Gasteiger partial charge in [0.15, 0.2) is 0 Å². The maximum Gasteiger partial charge on any atom is 0.336 e. The first-order chi connectivity index (χ1) is 10.8. The molecule has 22 heavy (non-hydrogen) atoms. The monoisotopic (exact) mass is 298 g/mol. The van der Waals surface area contributed by atoms with Gasteiger partial charge in [0.2, 0.25) is 0 Å². The fourth-order valence-corrected chi connectivity index (χ4v) is 2.31. The van der Waals surface area contributed by atoms with E-state index in [1.165, 1.54) is 6.07 Å². The number of hydrogen-bond acceptors (Lipinski definition) is 4. The summed E-state index contributed by atoms with van der Waals surface area (Å²) in [5.74, 6) is 0.733. The molecule has 0 bridgehead atoms. The number of ether oxygens (including phenoxy) is 1. The number of fused-ring (bicyclic) bond motifs is 1. The molecule has 1 aromatic carbocycles. The molecule has 3 rings (SSSR count). The summed E-state index contributed by atoms with van der Waals surface area (Å²) in [6.07, 6.45) is 8.79. The highest BCUT2D eigenvalue weighted by atomic mass is 16.5. The van der Waals surface area contributed by atoms with Gasteiger partial charge in [-0.15, -0.1) is 0 Å². The van der Waals surface area contributed by atoms with E-state index >= 15 is 0 Å².